The van der Waals surface area contributed by atoms with Gasteiger partial charge in [0, 0.05) is 28.4 Å². The lowest BCUT2D eigenvalue weighted by molar-refractivity contribution is -0.114. The monoisotopic (exact) mass is 341 g/mol. The van der Waals surface area contributed by atoms with Crippen LogP contribution in [0.5, 0.6) is 0 Å². The fourth-order valence-electron chi connectivity index (χ4n) is 2.66. The minimum atomic E-state index is -0.208. The van der Waals surface area contributed by atoms with Crippen LogP contribution in [0.4, 0.5) is 5.69 Å². The van der Waals surface area contributed by atoms with Gasteiger partial charge in [-0.3, -0.25) is 9.59 Å². The number of carbonyl (C=O) groups excluding carboxylic acids is 2. The predicted molar refractivity (Wildman–Crippen MR) is 97.5 cm³/mol. The van der Waals surface area contributed by atoms with Crippen LogP contribution >= 0.6 is 11.3 Å². The minimum absolute atomic E-state index is 0.116. The smallest absolute Gasteiger partial charge is 0.255 e. The summed E-state index contributed by atoms with van der Waals surface area (Å²) in [6.07, 6.45) is 1.63. The Morgan fingerprint density at radius 1 is 1.25 bits per heavy atom. The van der Waals surface area contributed by atoms with Gasteiger partial charge in [-0.2, -0.15) is 0 Å². The van der Waals surface area contributed by atoms with Crippen LogP contribution in [0.1, 0.15) is 40.8 Å². The summed E-state index contributed by atoms with van der Waals surface area (Å²) in [6, 6.07) is 10.1. The van der Waals surface area contributed by atoms with Crippen LogP contribution in [-0.2, 0) is 4.79 Å². The molecule has 2 aromatic heterocycles. The van der Waals surface area contributed by atoms with Crippen LogP contribution in [0, 0.1) is 6.92 Å². The lowest BCUT2D eigenvalue weighted by Crippen LogP contribution is -2.27. The summed E-state index contributed by atoms with van der Waals surface area (Å²) in [5, 5.41) is 6.87. The SMILES string of the molecule is CC(=O)Nc1c[nH]c(C)c1C(=O)NC(C)c1cc2ccccc2s1. The van der Waals surface area contributed by atoms with Crippen molar-refractivity contribution in [2.24, 2.45) is 0 Å². The van der Waals surface area contributed by atoms with Crippen molar-refractivity contribution in [3.05, 3.63) is 52.7 Å². The van der Waals surface area contributed by atoms with Crippen molar-refractivity contribution < 1.29 is 9.59 Å². The Morgan fingerprint density at radius 3 is 2.71 bits per heavy atom. The van der Waals surface area contributed by atoms with Crippen molar-refractivity contribution in [1.29, 1.82) is 0 Å². The van der Waals surface area contributed by atoms with Crippen molar-refractivity contribution in [3.8, 4) is 0 Å². The largest absolute Gasteiger partial charge is 0.363 e. The minimum Gasteiger partial charge on any atom is -0.363 e. The van der Waals surface area contributed by atoms with Gasteiger partial charge in [0.2, 0.25) is 5.91 Å². The molecule has 124 valence electrons. The van der Waals surface area contributed by atoms with Gasteiger partial charge in [0.05, 0.1) is 17.3 Å². The van der Waals surface area contributed by atoms with Crippen LogP contribution in [0.25, 0.3) is 10.1 Å². The molecule has 24 heavy (non-hydrogen) atoms. The third kappa shape index (κ3) is 3.19. The molecule has 3 rings (SSSR count). The zero-order valence-corrected chi connectivity index (χ0v) is 14.6. The van der Waals surface area contributed by atoms with Gasteiger partial charge in [-0.1, -0.05) is 18.2 Å². The van der Waals surface area contributed by atoms with E-state index in [0.717, 1.165) is 10.6 Å². The quantitative estimate of drug-likeness (QED) is 0.671. The third-order valence-corrected chi connectivity index (χ3v) is 5.13. The number of hydrogen-bond donors (Lipinski definition) is 3. The number of aryl methyl sites for hydroxylation is 1. The second-order valence-electron chi connectivity index (χ2n) is 5.77. The number of benzene rings is 1. The molecule has 2 heterocycles. The molecule has 0 aliphatic rings. The number of aromatic nitrogens is 1. The van der Waals surface area contributed by atoms with Gasteiger partial charge in [0.1, 0.15) is 0 Å². The molecule has 0 aliphatic heterocycles. The Bertz CT molecular complexity index is 877. The van der Waals surface area contributed by atoms with E-state index < -0.39 is 0 Å². The Balaban J connectivity index is 1.81. The second kappa shape index (κ2) is 6.49. The summed E-state index contributed by atoms with van der Waals surface area (Å²) < 4.78 is 1.20. The van der Waals surface area contributed by atoms with E-state index in [1.54, 1.807) is 17.5 Å². The highest BCUT2D eigenvalue weighted by Gasteiger charge is 2.20. The van der Waals surface area contributed by atoms with E-state index in [-0.39, 0.29) is 17.9 Å². The summed E-state index contributed by atoms with van der Waals surface area (Å²) in [5.74, 6) is -0.414. The average molecular weight is 341 g/mol. The topological polar surface area (TPSA) is 74.0 Å². The van der Waals surface area contributed by atoms with E-state index in [1.165, 1.54) is 17.0 Å². The zero-order chi connectivity index (χ0) is 17.3. The van der Waals surface area contributed by atoms with Crippen LogP contribution in [-0.4, -0.2) is 16.8 Å². The molecule has 0 spiro atoms. The molecule has 0 bridgehead atoms. The van der Waals surface area contributed by atoms with E-state index in [0.29, 0.717) is 11.3 Å². The molecule has 0 saturated heterocycles. The molecule has 0 fully saturated rings. The van der Waals surface area contributed by atoms with Crippen molar-refractivity contribution in [2.75, 3.05) is 5.32 Å². The lowest BCUT2D eigenvalue weighted by atomic mass is 10.1. The van der Waals surface area contributed by atoms with Gasteiger partial charge < -0.3 is 15.6 Å². The Labute approximate surface area is 144 Å². The first-order valence-electron chi connectivity index (χ1n) is 7.70. The van der Waals surface area contributed by atoms with E-state index in [9.17, 15) is 9.59 Å². The van der Waals surface area contributed by atoms with Crippen molar-refractivity contribution in [3.63, 3.8) is 0 Å². The van der Waals surface area contributed by atoms with E-state index in [1.807, 2.05) is 26.0 Å². The number of rotatable bonds is 4. The maximum atomic E-state index is 12.7. The summed E-state index contributed by atoms with van der Waals surface area (Å²) in [7, 11) is 0. The molecule has 3 N–H and O–H groups in total. The number of amides is 2. The van der Waals surface area contributed by atoms with E-state index >= 15 is 0 Å². The maximum Gasteiger partial charge on any atom is 0.255 e. The molecule has 0 radical (unpaired) electrons. The predicted octanol–water partition coefficient (Wildman–Crippen LogP) is 3.99. The number of carbonyl (C=O) groups is 2. The van der Waals surface area contributed by atoms with Crippen molar-refractivity contribution in [2.45, 2.75) is 26.8 Å². The van der Waals surface area contributed by atoms with Crippen LogP contribution in [0.3, 0.4) is 0 Å². The molecule has 2 amide bonds. The standard InChI is InChI=1S/C18H19N3O2S/c1-10(16-8-13-6-4-5-7-15(13)24-16)20-18(23)17-11(2)19-9-14(17)21-12(3)22/h4-10,19H,1-3H3,(H,20,23)(H,21,22). The number of fused-ring (bicyclic) bond motifs is 1. The fraction of sp³-hybridized carbons (Fsp3) is 0.222. The highest BCUT2D eigenvalue weighted by Crippen LogP contribution is 2.30. The summed E-state index contributed by atoms with van der Waals surface area (Å²) in [6.45, 7) is 5.19. The molecule has 1 aromatic carbocycles. The lowest BCUT2D eigenvalue weighted by Gasteiger charge is -2.13. The van der Waals surface area contributed by atoms with Gasteiger partial charge >= 0.3 is 0 Å². The molecule has 1 atom stereocenters. The molecule has 6 heteroatoms. The number of anilines is 1. The first-order chi connectivity index (χ1) is 11.5. The van der Waals surface area contributed by atoms with Gasteiger partial charge in [-0.05, 0) is 31.4 Å². The van der Waals surface area contributed by atoms with Crippen LogP contribution in [0.2, 0.25) is 0 Å². The van der Waals surface area contributed by atoms with Gasteiger partial charge in [0.15, 0.2) is 0 Å². The van der Waals surface area contributed by atoms with Gasteiger partial charge in [-0.15, -0.1) is 11.3 Å². The number of hydrogen-bond acceptors (Lipinski definition) is 3. The molecular formula is C18H19N3O2S. The number of aromatic amines is 1. The first-order valence-corrected chi connectivity index (χ1v) is 8.52. The number of nitrogens with one attached hydrogen (secondary N) is 3. The highest BCUT2D eigenvalue weighted by molar-refractivity contribution is 7.19. The molecule has 0 saturated carbocycles. The van der Waals surface area contributed by atoms with Gasteiger partial charge in [0.25, 0.3) is 5.91 Å². The summed E-state index contributed by atoms with van der Waals surface area (Å²) >= 11 is 1.67. The van der Waals surface area contributed by atoms with E-state index in [4.69, 9.17) is 0 Å². The fourth-order valence-corrected chi connectivity index (χ4v) is 3.73. The normalized spacial score (nSPS) is 12.1. The van der Waals surface area contributed by atoms with Gasteiger partial charge in [-0.25, -0.2) is 0 Å². The molecule has 1 unspecified atom stereocenters. The molecule has 0 aliphatic carbocycles. The van der Waals surface area contributed by atoms with Crippen molar-refractivity contribution >= 4 is 38.9 Å². The molecular weight excluding hydrogens is 322 g/mol. The Morgan fingerprint density at radius 2 is 2.00 bits per heavy atom. The Kier molecular flexibility index (Phi) is 4.40. The first kappa shape index (κ1) is 16.3. The second-order valence-corrected chi connectivity index (χ2v) is 6.88. The van der Waals surface area contributed by atoms with Crippen molar-refractivity contribution in [1.82, 2.24) is 10.3 Å². The number of H-pyrrole nitrogens is 1. The molecule has 5 nitrogen and oxygen atoms in total. The Hall–Kier alpha value is -2.60. The zero-order valence-electron chi connectivity index (χ0n) is 13.8. The van der Waals surface area contributed by atoms with E-state index in [2.05, 4.69) is 33.8 Å². The third-order valence-electron chi connectivity index (χ3n) is 3.83. The number of thiophene rings is 1. The summed E-state index contributed by atoms with van der Waals surface area (Å²) in [5.41, 5.74) is 1.69. The highest BCUT2D eigenvalue weighted by atomic mass is 32.1. The maximum absolute atomic E-state index is 12.7. The summed E-state index contributed by atoms with van der Waals surface area (Å²) in [4.78, 5) is 28.0. The van der Waals surface area contributed by atoms with Crippen LogP contribution in [0.15, 0.2) is 36.5 Å². The average Bonchev–Trinajstić information content (AvgIpc) is 3.10. The van der Waals surface area contributed by atoms with Crippen LogP contribution < -0.4 is 10.6 Å². The molecule has 3 aromatic rings.